The van der Waals surface area contributed by atoms with E-state index < -0.39 is 0 Å². The number of amides is 1. The number of rotatable bonds is 6. The molecule has 1 amide bonds. The van der Waals surface area contributed by atoms with Crippen LogP contribution in [0.4, 0.5) is 5.69 Å². The van der Waals surface area contributed by atoms with Crippen LogP contribution >= 0.6 is 34.4 Å². The Morgan fingerprint density at radius 1 is 1.21 bits per heavy atom. The van der Waals surface area contributed by atoms with Gasteiger partial charge in [-0.25, -0.2) is 4.98 Å². The zero-order chi connectivity index (χ0) is 19.3. The van der Waals surface area contributed by atoms with Gasteiger partial charge >= 0.3 is 0 Å². The molecule has 146 valence electrons. The minimum atomic E-state index is -0.0161. The number of nitrogens with one attached hydrogen (secondary N) is 1. The van der Waals surface area contributed by atoms with Crippen molar-refractivity contribution >= 4 is 46.0 Å². The predicted octanol–water partition coefficient (Wildman–Crippen LogP) is 4.91. The van der Waals surface area contributed by atoms with Crippen LogP contribution in [0.5, 0.6) is 0 Å². The zero-order valence-electron chi connectivity index (χ0n) is 15.8. The van der Waals surface area contributed by atoms with Crippen molar-refractivity contribution in [3.8, 4) is 9.88 Å². The van der Waals surface area contributed by atoms with Crippen molar-refractivity contribution in [1.82, 2.24) is 9.88 Å². The van der Waals surface area contributed by atoms with Crippen LogP contribution in [0.25, 0.3) is 9.88 Å². The molecule has 0 bridgehead atoms. The topological polar surface area (TPSA) is 45.2 Å². The van der Waals surface area contributed by atoms with Gasteiger partial charge in [0, 0.05) is 42.2 Å². The van der Waals surface area contributed by atoms with E-state index in [1.54, 1.807) is 22.7 Å². The summed E-state index contributed by atoms with van der Waals surface area (Å²) >= 11 is 5.29. The lowest BCUT2D eigenvalue weighted by Crippen LogP contribution is -2.32. The number of aromatic nitrogens is 1. The van der Waals surface area contributed by atoms with Crippen molar-refractivity contribution in [1.29, 1.82) is 0 Å². The maximum Gasteiger partial charge on any atom is 0.230 e. The van der Waals surface area contributed by atoms with Crippen LogP contribution in [0.1, 0.15) is 16.8 Å². The number of thioether (sulfide) groups is 1. The first kappa shape index (κ1) is 19.6. The van der Waals surface area contributed by atoms with Gasteiger partial charge in [-0.2, -0.15) is 11.8 Å². The molecule has 1 aliphatic rings. The van der Waals surface area contributed by atoms with Gasteiger partial charge in [-0.15, -0.1) is 22.7 Å². The van der Waals surface area contributed by atoms with Crippen LogP contribution in [0.15, 0.2) is 41.1 Å². The Hall–Kier alpha value is -1.67. The number of benzene rings is 1. The molecular weight excluding hydrogens is 406 g/mol. The Balaban J connectivity index is 1.39. The molecule has 1 aliphatic heterocycles. The zero-order valence-corrected chi connectivity index (χ0v) is 18.3. The third kappa shape index (κ3) is 5.03. The highest BCUT2D eigenvalue weighted by atomic mass is 32.2. The lowest BCUT2D eigenvalue weighted by Gasteiger charge is -2.26. The molecule has 0 unspecified atom stereocenters. The molecule has 4 rings (SSSR count). The van der Waals surface area contributed by atoms with Gasteiger partial charge in [0.1, 0.15) is 5.01 Å². The second-order valence-corrected chi connectivity index (χ2v) is 9.91. The van der Waals surface area contributed by atoms with Crippen LogP contribution < -0.4 is 5.32 Å². The third-order valence-corrected chi connectivity index (χ3v) is 7.58. The first-order valence-corrected chi connectivity index (χ1v) is 12.3. The molecule has 0 radical (unpaired) electrons. The van der Waals surface area contributed by atoms with Crippen molar-refractivity contribution in [2.24, 2.45) is 0 Å². The van der Waals surface area contributed by atoms with Gasteiger partial charge < -0.3 is 5.32 Å². The van der Waals surface area contributed by atoms with Gasteiger partial charge in [-0.05, 0) is 35.6 Å². The van der Waals surface area contributed by atoms with Crippen LogP contribution in [0, 0.1) is 6.92 Å². The molecule has 4 nitrogen and oxygen atoms in total. The van der Waals surface area contributed by atoms with Crippen molar-refractivity contribution in [2.75, 3.05) is 29.9 Å². The van der Waals surface area contributed by atoms with Gasteiger partial charge in [-0.1, -0.05) is 18.2 Å². The summed E-state index contributed by atoms with van der Waals surface area (Å²) in [4.78, 5) is 20.8. The third-order valence-electron chi connectivity index (χ3n) is 4.71. The van der Waals surface area contributed by atoms with Gasteiger partial charge in [-0.3, -0.25) is 9.69 Å². The maximum absolute atomic E-state index is 12.6. The monoisotopic (exact) mass is 429 g/mol. The molecule has 1 N–H and O–H groups in total. The molecule has 28 heavy (non-hydrogen) atoms. The van der Waals surface area contributed by atoms with E-state index in [9.17, 15) is 4.79 Å². The number of aryl methyl sites for hydroxylation is 1. The summed E-state index contributed by atoms with van der Waals surface area (Å²) in [5.74, 6) is 2.39. The molecular formula is C21H23N3OS3. The molecule has 0 spiro atoms. The maximum atomic E-state index is 12.6. The summed E-state index contributed by atoms with van der Waals surface area (Å²) < 4.78 is 0. The first-order chi connectivity index (χ1) is 13.7. The van der Waals surface area contributed by atoms with E-state index in [1.807, 2.05) is 35.5 Å². The van der Waals surface area contributed by atoms with E-state index in [2.05, 4.69) is 39.5 Å². The van der Waals surface area contributed by atoms with Crippen LogP contribution in [-0.4, -0.2) is 40.4 Å². The van der Waals surface area contributed by atoms with Gasteiger partial charge in [0.05, 0.1) is 17.0 Å². The number of carbonyl (C=O) groups excluding carboxylic acids is 1. The summed E-state index contributed by atoms with van der Waals surface area (Å²) in [7, 11) is 0. The van der Waals surface area contributed by atoms with Gasteiger partial charge in [0.2, 0.25) is 5.91 Å². The standard InChI is InChI=1S/C21H23N3OS3/c1-15-4-5-16(13-24-6-9-26-10-7-24)11-18(15)23-20(25)12-17-14-28-21(22-17)19-3-2-8-27-19/h2-5,8,11,14H,6-7,9-10,12-13H2,1H3,(H,23,25). The minimum Gasteiger partial charge on any atom is -0.325 e. The minimum absolute atomic E-state index is 0.0161. The number of hydrogen-bond acceptors (Lipinski definition) is 6. The lowest BCUT2D eigenvalue weighted by molar-refractivity contribution is -0.115. The molecule has 1 aromatic carbocycles. The van der Waals surface area contributed by atoms with Crippen LogP contribution in [0.3, 0.4) is 0 Å². The number of anilines is 1. The van der Waals surface area contributed by atoms with E-state index in [-0.39, 0.29) is 5.91 Å². The molecule has 3 heterocycles. The molecule has 0 saturated carbocycles. The average Bonchev–Trinajstić information content (AvgIpc) is 3.37. The highest BCUT2D eigenvalue weighted by Crippen LogP contribution is 2.28. The lowest BCUT2D eigenvalue weighted by atomic mass is 10.1. The van der Waals surface area contributed by atoms with Crippen LogP contribution in [0.2, 0.25) is 0 Å². The smallest absolute Gasteiger partial charge is 0.230 e. The van der Waals surface area contributed by atoms with Crippen molar-refractivity contribution in [3.63, 3.8) is 0 Å². The molecule has 3 aromatic rings. The number of thiazole rings is 1. The fraction of sp³-hybridized carbons (Fsp3) is 0.333. The Kier molecular flexibility index (Phi) is 6.47. The second-order valence-electron chi connectivity index (χ2n) is 6.88. The van der Waals surface area contributed by atoms with E-state index in [4.69, 9.17) is 0 Å². The van der Waals surface area contributed by atoms with E-state index in [0.29, 0.717) is 6.42 Å². The average molecular weight is 430 g/mol. The van der Waals surface area contributed by atoms with Crippen molar-refractivity contribution in [3.05, 3.63) is 57.9 Å². The van der Waals surface area contributed by atoms with Gasteiger partial charge in [0.15, 0.2) is 0 Å². The molecule has 1 fully saturated rings. The highest BCUT2D eigenvalue weighted by Gasteiger charge is 2.13. The summed E-state index contributed by atoms with van der Waals surface area (Å²) in [6.07, 6.45) is 0.300. The SMILES string of the molecule is Cc1ccc(CN2CCSCC2)cc1NC(=O)Cc1csc(-c2cccs2)n1. The fourth-order valence-electron chi connectivity index (χ4n) is 3.18. The van der Waals surface area contributed by atoms with E-state index >= 15 is 0 Å². The van der Waals surface area contributed by atoms with Crippen LogP contribution in [-0.2, 0) is 17.8 Å². The summed E-state index contributed by atoms with van der Waals surface area (Å²) in [5.41, 5.74) is 4.07. The molecule has 2 aromatic heterocycles. The summed E-state index contributed by atoms with van der Waals surface area (Å²) in [6, 6.07) is 10.5. The Bertz CT molecular complexity index is 930. The summed E-state index contributed by atoms with van der Waals surface area (Å²) in [5, 5.41) is 8.09. The Morgan fingerprint density at radius 3 is 2.86 bits per heavy atom. The molecule has 0 atom stereocenters. The largest absolute Gasteiger partial charge is 0.325 e. The second kappa shape index (κ2) is 9.22. The van der Waals surface area contributed by atoms with E-state index in [1.165, 1.54) is 17.1 Å². The Labute approximate surface area is 178 Å². The first-order valence-electron chi connectivity index (χ1n) is 9.35. The Morgan fingerprint density at radius 2 is 2.07 bits per heavy atom. The molecule has 1 saturated heterocycles. The fourth-order valence-corrected chi connectivity index (χ4v) is 5.79. The number of thiophene rings is 1. The van der Waals surface area contributed by atoms with E-state index in [0.717, 1.165) is 46.5 Å². The highest BCUT2D eigenvalue weighted by molar-refractivity contribution is 7.99. The molecule has 0 aliphatic carbocycles. The van der Waals surface area contributed by atoms with Gasteiger partial charge in [0.25, 0.3) is 0 Å². The number of carbonyl (C=O) groups is 1. The number of nitrogens with zero attached hydrogens (tertiary/aromatic N) is 2. The quantitative estimate of drug-likeness (QED) is 0.605. The summed E-state index contributed by atoms with van der Waals surface area (Å²) in [6.45, 7) is 5.25. The van der Waals surface area contributed by atoms with Crippen molar-refractivity contribution in [2.45, 2.75) is 19.9 Å². The predicted molar refractivity (Wildman–Crippen MR) is 122 cm³/mol. The normalized spacial score (nSPS) is 14.9. The van der Waals surface area contributed by atoms with Crippen molar-refractivity contribution < 1.29 is 4.79 Å². The number of hydrogen-bond donors (Lipinski definition) is 1. The molecule has 7 heteroatoms.